The molecule has 7 nitrogen and oxygen atoms in total. The van der Waals surface area contributed by atoms with Crippen LogP contribution in [-0.2, 0) is 4.74 Å². The summed E-state index contributed by atoms with van der Waals surface area (Å²) in [5.74, 6) is 0.102. The van der Waals surface area contributed by atoms with E-state index >= 15 is 0 Å². The molecule has 1 rings (SSSR count). The summed E-state index contributed by atoms with van der Waals surface area (Å²) >= 11 is 0. The fourth-order valence-corrected chi connectivity index (χ4v) is 1.26. The Balaban J connectivity index is 2.96. The Bertz CT molecular complexity index is 424. The Labute approximate surface area is 98.1 Å². The molecule has 0 aliphatic carbocycles. The number of carbonyl (C=O) groups is 1. The quantitative estimate of drug-likeness (QED) is 0.460. The molecule has 0 bridgehead atoms. The molecule has 1 aromatic rings. The molecule has 0 aliphatic rings. The van der Waals surface area contributed by atoms with E-state index in [1.54, 1.807) is 6.92 Å². The molecule has 0 fully saturated rings. The minimum absolute atomic E-state index is 0.0619. The van der Waals surface area contributed by atoms with Crippen LogP contribution in [0.2, 0.25) is 0 Å². The molecule has 1 heterocycles. The van der Waals surface area contributed by atoms with E-state index in [0.29, 0.717) is 0 Å². The third-order valence-corrected chi connectivity index (χ3v) is 2.01. The molecule has 0 amide bonds. The van der Waals surface area contributed by atoms with Gasteiger partial charge in [-0.1, -0.05) is 0 Å². The summed E-state index contributed by atoms with van der Waals surface area (Å²) in [5, 5.41) is 10.6. The number of rotatable bonds is 4. The second kappa shape index (κ2) is 5.33. The lowest BCUT2D eigenvalue weighted by Gasteiger charge is -2.11. The Morgan fingerprint density at radius 1 is 1.59 bits per heavy atom. The van der Waals surface area contributed by atoms with Crippen LogP contribution in [0.25, 0.3) is 0 Å². The van der Waals surface area contributed by atoms with Gasteiger partial charge in [-0.25, -0.2) is 4.79 Å². The lowest BCUT2D eigenvalue weighted by Crippen LogP contribution is -2.13. The van der Waals surface area contributed by atoms with Crippen molar-refractivity contribution in [3.8, 4) is 5.88 Å². The van der Waals surface area contributed by atoms with E-state index in [1.807, 2.05) is 13.8 Å². The highest BCUT2D eigenvalue weighted by Crippen LogP contribution is 2.26. The van der Waals surface area contributed by atoms with Gasteiger partial charge in [0.15, 0.2) is 0 Å². The molecular weight excluding hydrogens is 228 g/mol. The Kier molecular flexibility index (Phi) is 4.08. The zero-order chi connectivity index (χ0) is 13.0. The molecule has 0 radical (unpaired) electrons. The molecule has 0 unspecified atom stereocenters. The number of nitro groups is 1. The SMILES string of the molecule is CCOC(=O)Oc1cc([N+](=O)[O-])cn1C(C)C. The van der Waals surface area contributed by atoms with E-state index in [4.69, 9.17) is 4.74 Å². The zero-order valence-corrected chi connectivity index (χ0v) is 9.87. The first kappa shape index (κ1) is 13.0. The summed E-state index contributed by atoms with van der Waals surface area (Å²) in [6, 6.07) is 1.13. The van der Waals surface area contributed by atoms with Crippen molar-refractivity contribution in [2.24, 2.45) is 0 Å². The molecular formula is C10H14N2O5. The van der Waals surface area contributed by atoms with Gasteiger partial charge < -0.3 is 14.0 Å². The van der Waals surface area contributed by atoms with Crippen molar-refractivity contribution in [3.63, 3.8) is 0 Å². The van der Waals surface area contributed by atoms with Crippen LogP contribution >= 0.6 is 0 Å². The first-order valence-corrected chi connectivity index (χ1v) is 5.16. The van der Waals surface area contributed by atoms with Crippen LogP contribution in [0.1, 0.15) is 26.8 Å². The molecule has 0 N–H and O–H groups in total. The van der Waals surface area contributed by atoms with Gasteiger partial charge in [0.25, 0.3) is 5.69 Å². The number of nitrogens with zero attached hydrogens (tertiary/aromatic N) is 2. The van der Waals surface area contributed by atoms with E-state index < -0.39 is 11.1 Å². The van der Waals surface area contributed by atoms with Crippen molar-refractivity contribution < 1.29 is 19.2 Å². The van der Waals surface area contributed by atoms with Crippen molar-refractivity contribution in [3.05, 3.63) is 22.4 Å². The standard InChI is InChI=1S/C10H14N2O5/c1-4-16-10(13)17-9-5-8(12(14)15)6-11(9)7(2)3/h5-7H,4H2,1-3H3. The van der Waals surface area contributed by atoms with Crippen molar-refractivity contribution in [1.82, 2.24) is 4.57 Å². The monoisotopic (exact) mass is 242 g/mol. The smallest absolute Gasteiger partial charge is 0.434 e. The predicted molar refractivity (Wildman–Crippen MR) is 59.1 cm³/mol. The average molecular weight is 242 g/mol. The molecule has 7 heteroatoms. The fraction of sp³-hybridized carbons (Fsp3) is 0.500. The Hall–Kier alpha value is -2.05. The summed E-state index contributed by atoms with van der Waals surface area (Å²) in [6.45, 7) is 5.47. The third-order valence-electron chi connectivity index (χ3n) is 2.01. The summed E-state index contributed by atoms with van der Waals surface area (Å²) in [5.41, 5.74) is -0.127. The van der Waals surface area contributed by atoms with Crippen LogP contribution in [0.4, 0.5) is 10.5 Å². The van der Waals surface area contributed by atoms with Crippen molar-refractivity contribution in [2.75, 3.05) is 6.61 Å². The molecule has 0 atom stereocenters. The van der Waals surface area contributed by atoms with Crippen molar-refractivity contribution in [1.29, 1.82) is 0 Å². The summed E-state index contributed by atoms with van der Waals surface area (Å²) in [7, 11) is 0. The van der Waals surface area contributed by atoms with E-state index in [0.717, 1.165) is 0 Å². The van der Waals surface area contributed by atoms with Crippen LogP contribution in [0.3, 0.4) is 0 Å². The highest BCUT2D eigenvalue weighted by atomic mass is 16.7. The number of aromatic nitrogens is 1. The summed E-state index contributed by atoms with van der Waals surface area (Å²) in [6.07, 6.45) is 0.446. The largest absolute Gasteiger partial charge is 0.515 e. The molecule has 94 valence electrons. The number of hydrogen-bond acceptors (Lipinski definition) is 5. The van der Waals surface area contributed by atoms with Gasteiger partial charge in [-0.2, -0.15) is 0 Å². The van der Waals surface area contributed by atoms with Crippen LogP contribution in [0.15, 0.2) is 12.3 Å². The average Bonchev–Trinajstić information content (AvgIpc) is 2.62. The maximum absolute atomic E-state index is 11.1. The maximum Gasteiger partial charge on any atom is 0.515 e. The highest BCUT2D eigenvalue weighted by molar-refractivity contribution is 5.63. The van der Waals surface area contributed by atoms with E-state index in [2.05, 4.69) is 4.74 Å². The van der Waals surface area contributed by atoms with Crippen LogP contribution < -0.4 is 4.74 Å². The molecule has 0 saturated heterocycles. The molecule has 0 aliphatic heterocycles. The van der Waals surface area contributed by atoms with Gasteiger partial charge in [0.1, 0.15) is 0 Å². The van der Waals surface area contributed by atoms with Gasteiger partial charge in [0.05, 0.1) is 23.8 Å². The summed E-state index contributed by atoms with van der Waals surface area (Å²) < 4.78 is 11.0. The number of ether oxygens (including phenoxy) is 2. The van der Waals surface area contributed by atoms with E-state index in [1.165, 1.54) is 16.8 Å². The van der Waals surface area contributed by atoms with Crippen LogP contribution in [0.5, 0.6) is 5.88 Å². The van der Waals surface area contributed by atoms with Gasteiger partial charge in [0.2, 0.25) is 5.88 Å². The molecule has 0 spiro atoms. The lowest BCUT2D eigenvalue weighted by atomic mass is 10.4. The van der Waals surface area contributed by atoms with Gasteiger partial charge in [-0.15, -0.1) is 0 Å². The highest BCUT2D eigenvalue weighted by Gasteiger charge is 2.19. The predicted octanol–water partition coefficient (Wildman–Crippen LogP) is 2.51. The Morgan fingerprint density at radius 3 is 2.71 bits per heavy atom. The molecule has 17 heavy (non-hydrogen) atoms. The fourth-order valence-electron chi connectivity index (χ4n) is 1.26. The normalized spacial score (nSPS) is 10.4. The third kappa shape index (κ3) is 3.20. The van der Waals surface area contributed by atoms with Crippen molar-refractivity contribution in [2.45, 2.75) is 26.8 Å². The first-order chi connectivity index (χ1) is 7.95. The minimum Gasteiger partial charge on any atom is -0.434 e. The molecule has 1 aromatic heterocycles. The van der Waals surface area contributed by atoms with Crippen molar-refractivity contribution >= 4 is 11.8 Å². The lowest BCUT2D eigenvalue weighted by molar-refractivity contribution is -0.384. The van der Waals surface area contributed by atoms with Gasteiger partial charge in [-0.05, 0) is 20.8 Å². The van der Waals surface area contributed by atoms with E-state index in [9.17, 15) is 14.9 Å². The number of hydrogen-bond donors (Lipinski definition) is 0. The van der Waals surface area contributed by atoms with Gasteiger partial charge in [0, 0.05) is 6.04 Å². The summed E-state index contributed by atoms with van der Waals surface area (Å²) in [4.78, 5) is 21.2. The molecule has 0 aromatic carbocycles. The number of carbonyl (C=O) groups excluding carboxylic acids is 1. The maximum atomic E-state index is 11.1. The first-order valence-electron chi connectivity index (χ1n) is 5.16. The van der Waals surface area contributed by atoms with Gasteiger partial charge >= 0.3 is 6.16 Å². The second-order valence-electron chi connectivity index (χ2n) is 3.58. The van der Waals surface area contributed by atoms with Crippen LogP contribution in [0, 0.1) is 10.1 Å². The zero-order valence-electron chi connectivity index (χ0n) is 9.87. The molecule has 0 saturated carbocycles. The van der Waals surface area contributed by atoms with Gasteiger partial charge in [-0.3, -0.25) is 10.1 Å². The Morgan fingerprint density at radius 2 is 2.24 bits per heavy atom. The van der Waals surface area contributed by atoms with Crippen LogP contribution in [-0.4, -0.2) is 22.3 Å². The van der Waals surface area contributed by atoms with E-state index in [-0.39, 0.29) is 24.2 Å². The minimum atomic E-state index is -0.873. The second-order valence-corrected chi connectivity index (χ2v) is 3.58. The topological polar surface area (TPSA) is 83.6 Å².